The van der Waals surface area contributed by atoms with E-state index in [0.717, 1.165) is 10.6 Å². The van der Waals surface area contributed by atoms with Crippen molar-refractivity contribution in [3.8, 4) is 10.6 Å². The number of thiophene rings is 1. The van der Waals surface area contributed by atoms with E-state index in [1.807, 2.05) is 49.9 Å². The van der Waals surface area contributed by atoms with E-state index in [9.17, 15) is 9.59 Å². The van der Waals surface area contributed by atoms with Crippen LogP contribution in [-0.4, -0.2) is 39.2 Å². The fourth-order valence-electron chi connectivity index (χ4n) is 2.91. The molecular weight excluding hydrogens is 374 g/mol. The number of hydrogen-bond donors (Lipinski definition) is 2. The fraction of sp³-hybridized carbons (Fsp3) is 0.400. The summed E-state index contributed by atoms with van der Waals surface area (Å²) >= 11 is 1.57. The lowest BCUT2D eigenvalue weighted by Crippen LogP contribution is -2.34. The molecule has 0 saturated carbocycles. The molecular formula is C20H25N5O2S. The Balaban J connectivity index is 1.89. The quantitative estimate of drug-likeness (QED) is 0.637. The number of amides is 2. The fourth-order valence-corrected chi connectivity index (χ4v) is 3.60. The van der Waals surface area contributed by atoms with Gasteiger partial charge in [0.25, 0.3) is 5.91 Å². The van der Waals surface area contributed by atoms with Gasteiger partial charge in [0, 0.05) is 25.0 Å². The Morgan fingerprint density at radius 3 is 2.68 bits per heavy atom. The van der Waals surface area contributed by atoms with E-state index in [0.29, 0.717) is 16.6 Å². The molecule has 2 N–H and O–H groups in total. The van der Waals surface area contributed by atoms with Crippen molar-refractivity contribution in [2.75, 3.05) is 6.54 Å². The molecule has 0 aliphatic rings. The Kier molecular flexibility index (Phi) is 6.08. The van der Waals surface area contributed by atoms with Gasteiger partial charge in [-0.2, -0.15) is 5.10 Å². The summed E-state index contributed by atoms with van der Waals surface area (Å²) < 4.78 is 1.82. The van der Waals surface area contributed by atoms with Crippen LogP contribution in [0.3, 0.4) is 0 Å². The molecule has 28 heavy (non-hydrogen) atoms. The van der Waals surface area contributed by atoms with Crippen LogP contribution in [-0.2, 0) is 4.79 Å². The van der Waals surface area contributed by atoms with Crippen LogP contribution in [0.5, 0.6) is 0 Å². The Morgan fingerprint density at radius 1 is 1.25 bits per heavy atom. The van der Waals surface area contributed by atoms with Crippen molar-refractivity contribution in [1.29, 1.82) is 0 Å². The number of hydrogen-bond acceptors (Lipinski definition) is 5. The van der Waals surface area contributed by atoms with Crippen LogP contribution in [0.25, 0.3) is 21.6 Å². The second-order valence-electron chi connectivity index (χ2n) is 7.18. The number of nitrogens with zero attached hydrogens (tertiary/aromatic N) is 3. The summed E-state index contributed by atoms with van der Waals surface area (Å²) in [5.41, 5.74) is 1.95. The molecule has 0 spiro atoms. The molecule has 0 aliphatic carbocycles. The SMILES string of the molecule is CC(C)NC(=O)CCNC(=O)c1cc(-c2cccs2)nc2c1cnn2C(C)C. The molecule has 0 aliphatic heterocycles. The predicted octanol–water partition coefficient (Wildman–Crippen LogP) is 3.39. The Hall–Kier alpha value is -2.74. The van der Waals surface area contributed by atoms with E-state index in [1.54, 1.807) is 23.6 Å². The van der Waals surface area contributed by atoms with Gasteiger partial charge >= 0.3 is 0 Å². The summed E-state index contributed by atoms with van der Waals surface area (Å²) in [6.45, 7) is 8.14. The minimum absolute atomic E-state index is 0.0814. The molecule has 7 nitrogen and oxygen atoms in total. The monoisotopic (exact) mass is 399 g/mol. The summed E-state index contributed by atoms with van der Waals surface area (Å²) in [6, 6.07) is 5.94. The number of aromatic nitrogens is 3. The predicted molar refractivity (Wildman–Crippen MR) is 111 cm³/mol. The van der Waals surface area contributed by atoms with Gasteiger partial charge in [-0.1, -0.05) is 6.07 Å². The summed E-state index contributed by atoms with van der Waals surface area (Å²) in [4.78, 5) is 30.4. The van der Waals surface area contributed by atoms with Gasteiger partial charge < -0.3 is 10.6 Å². The first-order valence-corrected chi connectivity index (χ1v) is 10.2. The van der Waals surface area contributed by atoms with Crippen LogP contribution < -0.4 is 10.6 Å². The van der Waals surface area contributed by atoms with Crippen molar-refractivity contribution in [2.24, 2.45) is 0 Å². The molecule has 0 unspecified atom stereocenters. The molecule has 3 aromatic heterocycles. The van der Waals surface area contributed by atoms with Crippen molar-refractivity contribution in [1.82, 2.24) is 25.4 Å². The highest BCUT2D eigenvalue weighted by molar-refractivity contribution is 7.13. The Bertz CT molecular complexity index is 976. The average molecular weight is 400 g/mol. The van der Waals surface area contributed by atoms with Gasteiger partial charge in [-0.25, -0.2) is 9.67 Å². The number of fused-ring (bicyclic) bond motifs is 1. The van der Waals surface area contributed by atoms with E-state index in [1.165, 1.54) is 0 Å². The average Bonchev–Trinajstić information content (AvgIpc) is 3.29. The second-order valence-corrected chi connectivity index (χ2v) is 8.13. The maximum absolute atomic E-state index is 12.9. The highest BCUT2D eigenvalue weighted by Crippen LogP contribution is 2.28. The van der Waals surface area contributed by atoms with Gasteiger partial charge in [-0.05, 0) is 45.2 Å². The standard InChI is InChI=1S/C20H25N5O2S/c1-12(2)23-18(26)7-8-21-20(27)14-10-16(17-6-5-9-28-17)24-19-15(14)11-22-25(19)13(3)4/h5-6,9-13H,7-8H2,1-4H3,(H,21,27)(H,23,26). The molecule has 3 heterocycles. The minimum Gasteiger partial charge on any atom is -0.354 e. The lowest BCUT2D eigenvalue weighted by molar-refractivity contribution is -0.121. The van der Waals surface area contributed by atoms with Gasteiger partial charge in [0.1, 0.15) is 0 Å². The van der Waals surface area contributed by atoms with E-state index in [4.69, 9.17) is 4.98 Å². The zero-order chi connectivity index (χ0) is 20.3. The first kappa shape index (κ1) is 20.0. The topological polar surface area (TPSA) is 88.9 Å². The lowest BCUT2D eigenvalue weighted by atomic mass is 10.1. The van der Waals surface area contributed by atoms with Gasteiger partial charge in [-0.3, -0.25) is 9.59 Å². The van der Waals surface area contributed by atoms with Crippen LogP contribution >= 0.6 is 11.3 Å². The molecule has 8 heteroatoms. The summed E-state index contributed by atoms with van der Waals surface area (Å²) in [6.07, 6.45) is 1.92. The summed E-state index contributed by atoms with van der Waals surface area (Å²) in [5.74, 6) is -0.312. The number of rotatable bonds is 7. The highest BCUT2D eigenvalue weighted by atomic mass is 32.1. The second kappa shape index (κ2) is 8.52. The zero-order valence-electron chi connectivity index (χ0n) is 16.5. The lowest BCUT2D eigenvalue weighted by Gasteiger charge is -2.11. The Labute approximate surface area is 168 Å². The largest absolute Gasteiger partial charge is 0.354 e. The molecule has 0 aromatic carbocycles. The third kappa shape index (κ3) is 4.39. The van der Waals surface area contributed by atoms with E-state index in [-0.39, 0.29) is 36.9 Å². The van der Waals surface area contributed by atoms with E-state index in [2.05, 4.69) is 15.7 Å². The maximum Gasteiger partial charge on any atom is 0.252 e. The maximum atomic E-state index is 12.9. The Morgan fingerprint density at radius 2 is 2.04 bits per heavy atom. The minimum atomic E-state index is -0.231. The molecule has 0 bridgehead atoms. The number of pyridine rings is 1. The molecule has 3 aromatic rings. The van der Waals surface area contributed by atoms with Gasteiger partial charge in [0.05, 0.1) is 27.7 Å². The molecule has 0 radical (unpaired) electrons. The van der Waals surface area contributed by atoms with Crippen molar-refractivity contribution < 1.29 is 9.59 Å². The normalized spacial score (nSPS) is 11.4. The molecule has 0 atom stereocenters. The molecule has 3 rings (SSSR count). The number of nitrogens with one attached hydrogen (secondary N) is 2. The van der Waals surface area contributed by atoms with Crippen LogP contribution in [0, 0.1) is 0 Å². The first-order chi connectivity index (χ1) is 13.4. The number of carbonyl (C=O) groups excluding carboxylic acids is 2. The van der Waals surface area contributed by atoms with Crippen LogP contribution in [0.1, 0.15) is 50.5 Å². The molecule has 148 valence electrons. The molecule has 2 amide bonds. The smallest absolute Gasteiger partial charge is 0.252 e. The van der Waals surface area contributed by atoms with Gasteiger partial charge in [-0.15, -0.1) is 11.3 Å². The zero-order valence-corrected chi connectivity index (χ0v) is 17.3. The van der Waals surface area contributed by atoms with Crippen molar-refractivity contribution >= 4 is 34.2 Å². The molecule has 0 fully saturated rings. The summed E-state index contributed by atoms with van der Waals surface area (Å²) in [7, 11) is 0. The van der Waals surface area contributed by atoms with Crippen LogP contribution in [0.15, 0.2) is 29.8 Å². The third-order valence-corrected chi connectivity index (χ3v) is 5.05. The van der Waals surface area contributed by atoms with E-state index < -0.39 is 0 Å². The molecule has 0 saturated heterocycles. The van der Waals surface area contributed by atoms with Gasteiger partial charge in [0.2, 0.25) is 5.91 Å². The van der Waals surface area contributed by atoms with E-state index >= 15 is 0 Å². The van der Waals surface area contributed by atoms with Crippen LogP contribution in [0.4, 0.5) is 0 Å². The third-order valence-electron chi connectivity index (χ3n) is 4.16. The van der Waals surface area contributed by atoms with Crippen LogP contribution in [0.2, 0.25) is 0 Å². The van der Waals surface area contributed by atoms with Crippen molar-refractivity contribution in [3.63, 3.8) is 0 Å². The first-order valence-electron chi connectivity index (χ1n) is 9.36. The highest BCUT2D eigenvalue weighted by Gasteiger charge is 2.19. The van der Waals surface area contributed by atoms with Crippen molar-refractivity contribution in [3.05, 3.63) is 35.3 Å². The summed E-state index contributed by atoms with van der Waals surface area (Å²) in [5, 5.41) is 12.8. The number of carbonyl (C=O) groups is 2. The van der Waals surface area contributed by atoms with Crippen molar-refractivity contribution in [2.45, 2.75) is 46.2 Å². The van der Waals surface area contributed by atoms with Gasteiger partial charge in [0.15, 0.2) is 5.65 Å².